The van der Waals surface area contributed by atoms with Gasteiger partial charge in [0.05, 0.1) is 11.5 Å². The van der Waals surface area contributed by atoms with Crippen molar-refractivity contribution >= 4 is 35.0 Å². The molecule has 0 bridgehead atoms. The molecule has 2 amide bonds. The average molecular weight is 384 g/mol. The van der Waals surface area contributed by atoms with E-state index in [9.17, 15) is 9.59 Å². The summed E-state index contributed by atoms with van der Waals surface area (Å²) in [7, 11) is 0. The first-order valence-electron chi connectivity index (χ1n) is 9.14. The van der Waals surface area contributed by atoms with Crippen LogP contribution in [0.5, 0.6) is 0 Å². The normalized spacial score (nSPS) is 14.1. The van der Waals surface area contributed by atoms with Gasteiger partial charge in [-0.1, -0.05) is 35.9 Å². The lowest BCUT2D eigenvalue weighted by Crippen LogP contribution is -2.49. The van der Waals surface area contributed by atoms with Crippen LogP contribution in [0.1, 0.15) is 5.56 Å². The predicted octanol–water partition coefficient (Wildman–Crippen LogP) is 3.02. The van der Waals surface area contributed by atoms with Crippen LogP contribution in [0, 0.1) is 6.92 Å². The lowest BCUT2D eigenvalue weighted by atomic mass is 10.2. The molecule has 0 aromatic heterocycles. The van der Waals surface area contributed by atoms with Crippen LogP contribution in [0.2, 0.25) is 0 Å². The number of carbonyl (C=O) groups excluding carboxylic acids is 2. The van der Waals surface area contributed by atoms with Gasteiger partial charge in [0, 0.05) is 37.6 Å². The van der Waals surface area contributed by atoms with Crippen molar-refractivity contribution in [3.63, 3.8) is 0 Å². The van der Waals surface area contributed by atoms with Gasteiger partial charge in [-0.15, -0.1) is 11.8 Å². The standard InChI is InChI=1S/C21H25N3O2S/c1-17-7-9-18(10-8-17)22-20(25)15-27-16-21(26)24-13-11-23(12-14-24)19-5-3-2-4-6-19/h2-10H,11-16H2,1H3,(H,22,25). The van der Waals surface area contributed by atoms with Gasteiger partial charge in [0.1, 0.15) is 0 Å². The molecule has 1 aliphatic heterocycles. The van der Waals surface area contributed by atoms with Crippen LogP contribution in [0.25, 0.3) is 0 Å². The highest BCUT2D eigenvalue weighted by atomic mass is 32.2. The number of anilines is 2. The Labute approximate surface area is 164 Å². The van der Waals surface area contributed by atoms with Crippen molar-refractivity contribution in [3.05, 3.63) is 60.2 Å². The lowest BCUT2D eigenvalue weighted by Gasteiger charge is -2.36. The van der Waals surface area contributed by atoms with E-state index >= 15 is 0 Å². The molecule has 2 aromatic rings. The molecule has 5 nitrogen and oxygen atoms in total. The summed E-state index contributed by atoms with van der Waals surface area (Å²) >= 11 is 1.37. The maximum Gasteiger partial charge on any atom is 0.234 e. The van der Waals surface area contributed by atoms with Gasteiger partial charge in [0.25, 0.3) is 0 Å². The number of nitrogens with zero attached hydrogens (tertiary/aromatic N) is 2. The SMILES string of the molecule is Cc1ccc(NC(=O)CSCC(=O)N2CCN(c3ccccc3)CC2)cc1. The summed E-state index contributed by atoms with van der Waals surface area (Å²) in [4.78, 5) is 28.6. The Hall–Kier alpha value is -2.47. The van der Waals surface area contributed by atoms with Crippen molar-refractivity contribution in [3.8, 4) is 0 Å². The molecule has 3 rings (SSSR count). The lowest BCUT2D eigenvalue weighted by molar-refractivity contribution is -0.128. The number of benzene rings is 2. The molecular weight excluding hydrogens is 358 g/mol. The summed E-state index contributed by atoms with van der Waals surface area (Å²) in [5.41, 5.74) is 3.14. The minimum Gasteiger partial charge on any atom is -0.368 e. The van der Waals surface area contributed by atoms with Crippen molar-refractivity contribution in [1.82, 2.24) is 4.90 Å². The Morgan fingerprint density at radius 1 is 0.926 bits per heavy atom. The Kier molecular flexibility index (Phi) is 6.76. The van der Waals surface area contributed by atoms with Crippen molar-refractivity contribution in [1.29, 1.82) is 0 Å². The number of thioether (sulfide) groups is 1. The molecule has 0 saturated carbocycles. The number of aryl methyl sites for hydroxylation is 1. The van der Waals surface area contributed by atoms with Crippen molar-refractivity contribution < 1.29 is 9.59 Å². The fourth-order valence-corrected chi connectivity index (χ4v) is 3.73. The highest BCUT2D eigenvalue weighted by Gasteiger charge is 2.21. The number of hydrogen-bond donors (Lipinski definition) is 1. The summed E-state index contributed by atoms with van der Waals surface area (Å²) in [6, 6.07) is 18.0. The predicted molar refractivity (Wildman–Crippen MR) is 112 cm³/mol. The van der Waals surface area contributed by atoms with Gasteiger partial charge in [0.15, 0.2) is 0 Å². The van der Waals surface area contributed by atoms with Crippen LogP contribution < -0.4 is 10.2 Å². The maximum atomic E-state index is 12.4. The number of hydrogen-bond acceptors (Lipinski definition) is 4. The summed E-state index contributed by atoms with van der Waals surface area (Å²) in [6.45, 7) is 5.14. The fraction of sp³-hybridized carbons (Fsp3) is 0.333. The second-order valence-corrected chi connectivity index (χ2v) is 7.60. The number of nitrogens with one attached hydrogen (secondary N) is 1. The molecule has 1 saturated heterocycles. The van der Waals surface area contributed by atoms with E-state index in [0.717, 1.165) is 37.4 Å². The van der Waals surface area contributed by atoms with E-state index in [-0.39, 0.29) is 17.6 Å². The first-order valence-corrected chi connectivity index (χ1v) is 10.3. The third-order valence-electron chi connectivity index (χ3n) is 4.55. The second-order valence-electron chi connectivity index (χ2n) is 6.61. The van der Waals surface area contributed by atoms with Crippen LogP contribution in [0.3, 0.4) is 0 Å². The third-order valence-corrected chi connectivity index (χ3v) is 5.47. The Morgan fingerprint density at radius 3 is 2.26 bits per heavy atom. The van der Waals surface area contributed by atoms with Crippen LogP contribution in [0.15, 0.2) is 54.6 Å². The summed E-state index contributed by atoms with van der Waals surface area (Å²) in [5, 5.41) is 2.86. The van der Waals surface area contributed by atoms with E-state index in [4.69, 9.17) is 0 Å². The monoisotopic (exact) mass is 383 g/mol. The summed E-state index contributed by atoms with van der Waals surface area (Å²) in [6.07, 6.45) is 0. The van der Waals surface area contributed by atoms with E-state index in [0.29, 0.717) is 5.75 Å². The van der Waals surface area contributed by atoms with Crippen LogP contribution in [-0.4, -0.2) is 54.4 Å². The highest BCUT2D eigenvalue weighted by molar-refractivity contribution is 8.00. The van der Waals surface area contributed by atoms with Gasteiger partial charge in [-0.05, 0) is 31.2 Å². The van der Waals surface area contributed by atoms with E-state index in [1.807, 2.05) is 54.3 Å². The van der Waals surface area contributed by atoms with Crippen molar-refractivity contribution in [2.45, 2.75) is 6.92 Å². The van der Waals surface area contributed by atoms with Gasteiger partial charge in [-0.2, -0.15) is 0 Å². The van der Waals surface area contributed by atoms with Crippen molar-refractivity contribution in [2.24, 2.45) is 0 Å². The third kappa shape index (κ3) is 5.76. The molecule has 1 N–H and O–H groups in total. The number of carbonyl (C=O) groups is 2. The smallest absolute Gasteiger partial charge is 0.234 e. The first-order chi connectivity index (χ1) is 13.1. The van der Waals surface area contributed by atoms with Gasteiger partial charge in [-0.25, -0.2) is 0 Å². The molecule has 2 aromatic carbocycles. The Balaban J connectivity index is 1.36. The van der Waals surface area contributed by atoms with E-state index in [1.54, 1.807) is 0 Å². The van der Waals surface area contributed by atoms with E-state index < -0.39 is 0 Å². The molecule has 1 fully saturated rings. The maximum absolute atomic E-state index is 12.4. The van der Waals surface area contributed by atoms with Crippen LogP contribution in [0.4, 0.5) is 11.4 Å². The molecule has 0 unspecified atom stereocenters. The number of rotatable bonds is 6. The highest BCUT2D eigenvalue weighted by Crippen LogP contribution is 2.16. The average Bonchev–Trinajstić information content (AvgIpc) is 2.70. The Morgan fingerprint density at radius 2 is 1.59 bits per heavy atom. The minimum absolute atomic E-state index is 0.0782. The number of para-hydroxylation sites is 1. The molecule has 0 radical (unpaired) electrons. The quantitative estimate of drug-likeness (QED) is 0.833. The number of piperazine rings is 1. The van der Waals surface area contributed by atoms with Gasteiger partial charge >= 0.3 is 0 Å². The largest absolute Gasteiger partial charge is 0.368 e. The second kappa shape index (κ2) is 9.46. The summed E-state index contributed by atoms with van der Waals surface area (Å²) in [5.74, 6) is 0.650. The van der Waals surface area contributed by atoms with E-state index in [1.165, 1.54) is 17.4 Å². The van der Waals surface area contributed by atoms with Gasteiger partial charge < -0.3 is 15.1 Å². The molecule has 1 aliphatic rings. The van der Waals surface area contributed by atoms with E-state index in [2.05, 4.69) is 22.3 Å². The molecule has 0 spiro atoms. The zero-order valence-electron chi connectivity index (χ0n) is 15.6. The van der Waals surface area contributed by atoms with Gasteiger partial charge in [-0.3, -0.25) is 9.59 Å². The summed E-state index contributed by atoms with van der Waals surface area (Å²) < 4.78 is 0. The molecule has 6 heteroatoms. The molecule has 27 heavy (non-hydrogen) atoms. The van der Waals surface area contributed by atoms with Crippen molar-refractivity contribution in [2.75, 3.05) is 47.9 Å². The Bertz CT molecular complexity index is 757. The first kappa shape index (κ1) is 19.3. The number of amides is 2. The zero-order chi connectivity index (χ0) is 19.1. The fourth-order valence-electron chi connectivity index (χ4n) is 3.01. The minimum atomic E-state index is -0.0782. The molecule has 1 heterocycles. The molecule has 0 aliphatic carbocycles. The van der Waals surface area contributed by atoms with Crippen LogP contribution in [-0.2, 0) is 9.59 Å². The molecule has 0 atom stereocenters. The molecule has 142 valence electrons. The topological polar surface area (TPSA) is 52.7 Å². The van der Waals surface area contributed by atoms with Gasteiger partial charge in [0.2, 0.25) is 11.8 Å². The zero-order valence-corrected chi connectivity index (χ0v) is 16.4. The molecular formula is C21H25N3O2S. The van der Waals surface area contributed by atoms with Crippen LogP contribution >= 0.6 is 11.8 Å².